The molecular weight excluding hydrogens is 371 g/mol. The Hall–Kier alpha value is -1.85. The lowest BCUT2D eigenvalue weighted by Gasteiger charge is -2.39. The first kappa shape index (κ1) is 18.2. The SMILES string of the molecule is O=C(CCN1CCC2C(C1)c1cccc3c1N2CCCS3)c1ccc(F)cc1. The molecule has 0 bridgehead atoms. The van der Waals surface area contributed by atoms with E-state index in [-0.39, 0.29) is 11.6 Å². The standard InChI is InChI=1S/C23H25FN2OS/c24-17-7-5-16(6-8-17)21(27)10-13-25-12-9-20-19(15-25)18-3-1-4-22-23(18)26(20)11-2-14-28-22/h1,3-8,19-20H,2,9-15H2. The number of hydrogen-bond acceptors (Lipinski definition) is 4. The van der Waals surface area contributed by atoms with Crippen LogP contribution in [-0.2, 0) is 0 Å². The van der Waals surface area contributed by atoms with Crippen LogP contribution in [0.1, 0.15) is 41.1 Å². The van der Waals surface area contributed by atoms with Crippen molar-refractivity contribution in [1.82, 2.24) is 4.90 Å². The lowest BCUT2D eigenvalue weighted by Crippen LogP contribution is -2.46. The fourth-order valence-corrected chi connectivity index (χ4v) is 6.09. The number of benzene rings is 2. The maximum Gasteiger partial charge on any atom is 0.164 e. The van der Waals surface area contributed by atoms with Gasteiger partial charge >= 0.3 is 0 Å². The number of nitrogens with zero attached hydrogens (tertiary/aromatic N) is 2. The Morgan fingerprint density at radius 3 is 2.86 bits per heavy atom. The number of rotatable bonds is 4. The molecule has 146 valence electrons. The molecule has 0 amide bonds. The second-order valence-corrected chi connectivity index (χ2v) is 9.17. The third-order valence-electron chi connectivity index (χ3n) is 6.40. The molecule has 2 unspecified atom stereocenters. The van der Waals surface area contributed by atoms with Gasteiger partial charge in [-0.3, -0.25) is 4.79 Å². The number of fused-ring (bicyclic) bond motifs is 3. The van der Waals surface area contributed by atoms with E-state index in [1.54, 1.807) is 12.1 Å². The van der Waals surface area contributed by atoms with Crippen LogP contribution in [0.25, 0.3) is 0 Å². The molecule has 0 spiro atoms. The van der Waals surface area contributed by atoms with Crippen molar-refractivity contribution >= 4 is 23.2 Å². The number of hydrogen-bond donors (Lipinski definition) is 0. The summed E-state index contributed by atoms with van der Waals surface area (Å²) in [6.07, 6.45) is 2.90. The van der Waals surface area contributed by atoms with Gasteiger partial charge in [0.25, 0.3) is 0 Å². The van der Waals surface area contributed by atoms with Gasteiger partial charge in [-0.25, -0.2) is 4.39 Å². The molecule has 3 aliphatic heterocycles. The average Bonchev–Trinajstić information content (AvgIpc) is 2.88. The normalized spacial score (nSPS) is 23.8. The van der Waals surface area contributed by atoms with Gasteiger partial charge in [-0.15, -0.1) is 11.8 Å². The van der Waals surface area contributed by atoms with Crippen molar-refractivity contribution < 1.29 is 9.18 Å². The zero-order chi connectivity index (χ0) is 19.1. The summed E-state index contributed by atoms with van der Waals surface area (Å²) in [6.45, 7) is 4.02. The van der Waals surface area contributed by atoms with Crippen molar-refractivity contribution in [2.24, 2.45) is 0 Å². The van der Waals surface area contributed by atoms with Crippen LogP contribution in [-0.4, -0.2) is 48.7 Å². The Kier molecular flexibility index (Phi) is 4.89. The summed E-state index contributed by atoms with van der Waals surface area (Å²) in [5, 5.41) is 0. The van der Waals surface area contributed by atoms with Crippen molar-refractivity contribution in [3.8, 4) is 0 Å². The van der Waals surface area contributed by atoms with Crippen LogP contribution in [0.5, 0.6) is 0 Å². The van der Waals surface area contributed by atoms with Crippen LogP contribution in [0.15, 0.2) is 47.4 Å². The largest absolute Gasteiger partial charge is 0.367 e. The Balaban J connectivity index is 1.28. The van der Waals surface area contributed by atoms with Crippen LogP contribution < -0.4 is 4.90 Å². The number of Topliss-reactive ketones (excluding diaryl/α,β-unsaturated/α-hetero) is 1. The molecule has 3 aliphatic rings. The molecule has 5 heteroatoms. The number of ketones is 1. The van der Waals surface area contributed by atoms with Crippen molar-refractivity contribution in [3.63, 3.8) is 0 Å². The van der Waals surface area contributed by atoms with Crippen LogP contribution in [0.2, 0.25) is 0 Å². The molecule has 2 aromatic rings. The minimum atomic E-state index is -0.297. The maximum atomic E-state index is 13.1. The fourth-order valence-electron chi connectivity index (χ4n) is 5.05. The van der Waals surface area contributed by atoms with Gasteiger partial charge in [0.2, 0.25) is 0 Å². The molecule has 0 aliphatic carbocycles. The zero-order valence-electron chi connectivity index (χ0n) is 15.9. The first-order chi connectivity index (χ1) is 13.7. The third kappa shape index (κ3) is 3.25. The Morgan fingerprint density at radius 1 is 1.14 bits per heavy atom. The first-order valence-electron chi connectivity index (χ1n) is 10.2. The second kappa shape index (κ2) is 7.53. The van der Waals surface area contributed by atoms with Crippen molar-refractivity contribution in [3.05, 3.63) is 59.4 Å². The Morgan fingerprint density at radius 2 is 2.00 bits per heavy atom. The molecule has 3 heterocycles. The summed E-state index contributed by atoms with van der Waals surface area (Å²) in [4.78, 5) is 19.0. The van der Waals surface area contributed by atoms with Crippen LogP contribution in [0, 0.1) is 5.82 Å². The van der Waals surface area contributed by atoms with Crippen molar-refractivity contribution in [2.45, 2.75) is 36.1 Å². The van der Waals surface area contributed by atoms with Crippen LogP contribution in [0.4, 0.5) is 10.1 Å². The number of halogens is 1. The van der Waals surface area contributed by atoms with Gasteiger partial charge in [-0.1, -0.05) is 12.1 Å². The van der Waals surface area contributed by atoms with Gasteiger partial charge in [0.1, 0.15) is 5.82 Å². The lowest BCUT2D eigenvalue weighted by atomic mass is 9.89. The van der Waals surface area contributed by atoms with Gasteiger partial charge in [0.05, 0.1) is 5.69 Å². The molecule has 2 aromatic carbocycles. The molecule has 0 radical (unpaired) electrons. The Bertz CT molecular complexity index is 885. The number of anilines is 1. The predicted octanol–water partition coefficient (Wildman–Crippen LogP) is 4.57. The number of carbonyl (C=O) groups excluding carboxylic acids is 1. The zero-order valence-corrected chi connectivity index (χ0v) is 16.8. The van der Waals surface area contributed by atoms with Gasteiger partial charge in [0.15, 0.2) is 5.78 Å². The van der Waals surface area contributed by atoms with E-state index < -0.39 is 0 Å². The molecule has 5 rings (SSSR count). The van der Waals surface area contributed by atoms with E-state index in [1.807, 2.05) is 11.8 Å². The van der Waals surface area contributed by atoms with E-state index in [1.165, 1.54) is 47.0 Å². The van der Waals surface area contributed by atoms with Crippen molar-refractivity contribution in [2.75, 3.05) is 36.8 Å². The van der Waals surface area contributed by atoms with Gasteiger partial charge in [-0.05, 0) is 54.5 Å². The summed E-state index contributed by atoms with van der Waals surface area (Å²) >= 11 is 2.00. The summed E-state index contributed by atoms with van der Waals surface area (Å²) in [5.74, 6) is 1.56. The monoisotopic (exact) mass is 396 g/mol. The Labute approximate surface area is 169 Å². The van der Waals surface area contributed by atoms with Crippen LogP contribution >= 0.6 is 11.8 Å². The summed E-state index contributed by atoms with van der Waals surface area (Å²) in [6, 6.07) is 13.3. The van der Waals surface area contributed by atoms with Gasteiger partial charge in [0, 0.05) is 55.0 Å². The van der Waals surface area contributed by atoms with E-state index in [0.717, 1.165) is 26.1 Å². The smallest absolute Gasteiger partial charge is 0.164 e. The third-order valence-corrected chi connectivity index (χ3v) is 7.53. The minimum absolute atomic E-state index is 0.101. The number of thioether (sulfide) groups is 1. The highest BCUT2D eigenvalue weighted by atomic mass is 32.2. The minimum Gasteiger partial charge on any atom is -0.367 e. The molecule has 2 atom stereocenters. The molecule has 1 fully saturated rings. The number of para-hydroxylation sites is 1. The molecule has 28 heavy (non-hydrogen) atoms. The average molecular weight is 397 g/mol. The summed E-state index contributed by atoms with van der Waals surface area (Å²) in [5.41, 5.74) is 3.60. The van der Waals surface area contributed by atoms with Crippen molar-refractivity contribution in [1.29, 1.82) is 0 Å². The predicted molar refractivity (Wildman–Crippen MR) is 112 cm³/mol. The molecule has 1 saturated heterocycles. The summed E-state index contributed by atoms with van der Waals surface area (Å²) in [7, 11) is 0. The number of carbonyl (C=O) groups is 1. The topological polar surface area (TPSA) is 23.6 Å². The van der Waals surface area contributed by atoms with E-state index in [0.29, 0.717) is 23.9 Å². The highest BCUT2D eigenvalue weighted by molar-refractivity contribution is 7.99. The first-order valence-corrected chi connectivity index (χ1v) is 11.2. The van der Waals surface area contributed by atoms with Crippen LogP contribution in [0.3, 0.4) is 0 Å². The molecular formula is C23H25FN2OS. The number of likely N-dealkylation sites (tertiary alicyclic amines) is 1. The highest BCUT2D eigenvalue weighted by Gasteiger charge is 2.43. The second-order valence-electron chi connectivity index (χ2n) is 8.03. The van der Waals surface area contributed by atoms with Gasteiger partial charge < -0.3 is 9.80 Å². The van der Waals surface area contributed by atoms with E-state index in [2.05, 4.69) is 28.0 Å². The highest BCUT2D eigenvalue weighted by Crippen LogP contribution is 2.50. The quantitative estimate of drug-likeness (QED) is 0.706. The molecule has 0 saturated carbocycles. The molecule has 0 N–H and O–H groups in total. The van der Waals surface area contributed by atoms with E-state index >= 15 is 0 Å². The van der Waals surface area contributed by atoms with E-state index in [9.17, 15) is 9.18 Å². The number of piperidine rings is 1. The molecule has 0 aromatic heterocycles. The fraction of sp³-hybridized carbons (Fsp3) is 0.435. The maximum absolute atomic E-state index is 13.1. The van der Waals surface area contributed by atoms with Gasteiger partial charge in [-0.2, -0.15) is 0 Å². The summed E-state index contributed by atoms with van der Waals surface area (Å²) < 4.78 is 13.1. The lowest BCUT2D eigenvalue weighted by molar-refractivity contribution is 0.0952. The van der Waals surface area contributed by atoms with E-state index in [4.69, 9.17) is 0 Å². The molecule has 3 nitrogen and oxygen atoms in total.